The Kier molecular flexibility index (Phi) is 9.87. The van der Waals surface area contributed by atoms with E-state index < -0.39 is 0 Å². The quantitative estimate of drug-likeness (QED) is 0.155. The first kappa shape index (κ1) is 43.3. The number of benzene rings is 8. The third kappa shape index (κ3) is 6.89. The number of para-hydroxylation sites is 4. The fraction of sp³-hybridized carbons (Fsp3) is 0.200. The van der Waals surface area contributed by atoms with Crippen LogP contribution in [-0.4, -0.2) is 11.3 Å². The van der Waals surface area contributed by atoms with E-state index in [2.05, 4.69) is 250 Å². The number of aromatic nitrogens is 1. The number of anilines is 9. The summed E-state index contributed by atoms with van der Waals surface area (Å²) in [6.07, 6.45) is 4.44. The molecule has 4 heterocycles. The Bertz CT molecular complexity index is 3630. The molecule has 0 unspecified atom stereocenters. The van der Waals surface area contributed by atoms with E-state index in [0.29, 0.717) is 0 Å². The summed E-state index contributed by atoms with van der Waals surface area (Å²) < 4.78 is 9.67. The van der Waals surface area contributed by atoms with Crippen molar-refractivity contribution in [3.63, 3.8) is 0 Å². The number of nitrogens with zero attached hydrogens (tertiary/aromatic N) is 4. The molecular weight excluding hydrogens is 864 g/mol. The van der Waals surface area contributed by atoms with E-state index in [1.54, 1.807) is 0 Å². The van der Waals surface area contributed by atoms with Crippen LogP contribution in [0.1, 0.15) is 82.3 Å². The van der Waals surface area contributed by atoms with Crippen LogP contribution < -0.4 is 31.2 Å². The standard InChI is InChI=1S/C65H59BN4O/c1-42-39-57-60-58(40-42)70(55-27-18-25-51-50-23-15-17-28-59(50)71-62(51)55)56-41-49(67(47-33-29-43(30-34-47)64(2,3)4)48-35-31-44(32-36-48)65(5,6)7)37-38-53(56)66(60)63-61(68(57)45-19-10-8-11-20-45)52-24-14-16-26-54(52)69(63)46-21-12-9-13-22-46/h8-13,15,17-23,25,27-41H,14,16,24,26H2,1-7H3. The van der Waals surface area contributed by atoms with Gasteiger partial charge >= 0.3 is 0 Å². The molecule has 0 spiro atoms. The highest BCUT2D eigenvalue weighted by Crippen LogP contribution is 2.51. The molecule has 71 heavy (non-hydrogen) atoms. The van der Waals surface area contributed by atoms with Crippen molar-refractivity contribution in [3.05, 3.63) is 210 Å². The molecule has 3 aliphatic rings. The van der Waals surface area contributed by atoms with Crippen molar-refractivity contribution in [3.8, 4) is 5.69 Å². The molecule has 0 radical (unpaired) electrons. The topological polar surface area (TPSA) is 27.8 Å². The van der Waals surface area contributed by atoms with Crippen LogP contribution >= 0.6 is 0 Å². The Morgan fingerprint density at radius 3 is 1.75 bits per heavy atom. The van der Waals surface area contributed by atoms with E-state index >= 15 is 0 Å². The minimum Gasteiger partial charge on any atom is -0.454 e. The summed E-state index contributed by atoms with van der Waals surface area (Å²) in [5, 5.41) is 2.23. The molecular formula is C65H59BN4O. The van der Waals surface area contributed by atoms with E-state index in [1.807, 2.05) is 0 Å². The van der Waals surface area contributed by atoms with Gasteiger partial charge in [-0.1, -0.05) is 139 Å². The zero-order valence-corrected chi connectivity index (χ0v) is 41.9. The van der Waals surface area contributed by atoms with Crippen LogP contribution in [0.3, 0.4) is 0 Å². The first-order valence-corrected chi connectivity index (χ1v) is 25.6. The Balaban J connectivity index is 1.14. The molecule has 0 atom stereocenters. The van der Waals surface area contributed by atoms with Crippen LogP contribution in [0.4, 0.5) is 51.2 Å². The molecule has 0 bridgehead atoms. The summed E-state index contributed by atoms with van der Waals surface area (Å²) in [4.78, 5) is 7.61. The number of aryl methyl sites for hydroxylation is 1. The minimum absolute atomic E-state index is 0.0255. The second kappa shape index (κ2) is 16.2. The summed E-state index contributed by atoms with van der Waals surface area (Å²) in [5.74, 6) is 0. The van der Waals surface area contributed by atoms with E-state index in [4.69, 9.17) is 4.42 Å². The fourth-order valence-corrected chi connectivity index (χ4v) is 12.1. The maximum absolute atomic E-state index is 7.00. The lowest BCUT2D eigenvalue weighted by atomic mass is 9.34. The molecule has 0 fully saturated rings. The summed E-state index contributed by atoms with van der Waals surface area (Å²) in [7, 11) is 0. The molecule has 8 aromatic carbocycles. The van der Waals surface area contributed by atoms with Crippen molar-refractivity contribution in [2.24, 2.45) is 0 Å². The highest BCUT2D eigenvalue weighted by molar-refractivity contribution is 7.00. The van der Waals surface area contributed by atoms with Crippen molar-refractivity contribution in [1.82, 2.24) is 4.57 Å². The molecule has 13 rings (SSSR count). The molecule has 0 saturated heterocycles. The first-order chi connectivity index (χ1) is 34.4. The normalized spacial score (nSPS) is 14.1. The average molecular weight is 923 g/mol. The van der Waals surface area contributed by atoms with Gasteiger partial charge in [0.05, 0.1) is 11.4 Å². The van der Waals surface area contributed by atoms with Crippen molar-refractivity contribution < 1.29 is 4.42 Å². The Labute approximate surface area is 418 Å². The Hall–Kier alpha value is -7.70. The van der Waals surface area contributed by atoms with Crippen molar-refractivity contribution >= 4 is 96.4 Å². The van der Waals surface area contributed by atoms with Gasteiger partial charge in [0.25, 0.3) is 6.71 Å². The second-order valence-corrected chi connectivity index (χ2v) is 22.1. The molecule has 0 amide bonds. The van der Waals surface area contributed by atoms with E-state index in [9.17, 15) is 0 Å². The summed E-state index contributed by atoms with van der Waals surface area (Å²) in [6, 6.07) is 68.0. The molecule has 1 aliphatic carbocycles. The molecule has 0 N–H and O–H groups in total. The van der Waals surface area contributed by atoms with Gasteiger partial charge in [0.2, 0.25) is 0 Å². The highest BCUT2D eigenvalue weighted by Gasteiger charge is 2.48. The van der Waals surface area contributed by atoms with Gasteiger partial charge in [-0.15, -0.1) is 0 Å². The third-order valence-electron chi connectivity index (χ3n) is 15.5. The number of hydrogen-bond acceptors (Lipinski definition) is 4. The predicted molar refractivity (Wildman–Crippen MR) is 301 cm³/mol. The maximum atomic E-state index is 7.00. The smallest absolute Gasteiger partial charge is 0.273 e. The molecule has 10 aromatic rings. The van der Waals surface area contributed by atoms with Crippen LogP contribution in [0.15, 0.2) is 186 Å². The number of rotatable bonds is 6. The summed E-state index contributed by atoms with van der Waals surface area (Å²) in [6.45, 7) is 15.9. The van der Waals surface area contributed by atoms with Gasteiger partial charge in [-0.25, -0.2) is 0 Å². The van der Waals surface area contributed by atoms with Gasteiger partial charge in [0, 0.05) is 67.6 Å². The lowest BCUT2D eigenvalue weighted by molar-refractivity contribution is 0.590. The number of fused-ring (bicyclic) bond motifs is 9. The second-order valence-electron chi connectivity index (χ2n) is 22.1. The summed E-state index contributed by atoms with van der Waals surface area (Å²) in [5.41, 5.74) is 24.1. The molecule has 2 aliphatic heterocycles. The lowest BCUT2D eigenvalue weighted by Crippen LogP contribution is -2.63. The molecule has 5 nitrogen and oxygen atoms in total. The van der Waals surface area contributed by atoms with Crippen molar-refractivity contribution in [2.45, 2.75) is 85.0 Å². The van der Waals surface area contributed by atoms with Gasteiger partial charge < -0.3 is 23.7 Å². The predicted octanol–water partition coefficient (Wildman–Crippen LogP) is 15.7. The van der Waals surface area contributed by atoms with E-state index in [0.717, 1.165) is 63.2 Å². The van der Waals surface area contributed by atoms with E-state index in [-0.39, 0.29) is 17.5 Å². The largest absolute Gasteiger partial charge is 0.454 e. The van der Waals surface area contributed by atoms with Gasteiger partial charge in [-0.3, -0.25) is 0 Å². The molecule has 348 valence electrons. The Morgan fingerprint density at radius 2 is 1.08 bits per heavy atom. The fourth-order valence-electron chi connectivity index (χ4n) is 12.1. The minimum atomic E-state index is -0.0814. The van der Waals surface area contributed by atoms with Gasteiger partial charge in [0.1, 0.15) is 5.58 Å². The average Bonchev–Trinajstić information content (AvgIpc) is 3.93. The van der Waals surface area contributed by atoms with Crippen molar-refractivity contribution in [1.29, 1.82) is 0 Å². The Morgan fingerprint density at radius 1 is 0.507 bits per heavy atom. The highest BCUT2D eigenvalue weighted by atomic mass is 16.3. The van der Waals surface area contributed by atoms with Crippen LogP contribution in [0.25, 0.3) is 27.6 Å². The third-order valence-corrected chi connectivity index (χ3v) is 15.5. The van der Waals surface area contributed by atoms with Gasteiger partial charge in [0.15, 0.2) is 5.58 Å². The lowest BCUT2D eigenvalue weighted by Gasteiger charge is -2.44. The van der Waals surface area contributed by atoms with Crippen LogP contribution in [0, 0.1) is 6.92 Å². The van der Waals surface area contributed by atoms with Crippen molar-refractivity contribution in [2.75, 3.05) is 14.7 Å². The molecule has 2 aromatic heterocycles. The zero-order chi connectivity index (χ0) is 48.3. The zero-order valence-electron chi connectivity index (χ0n) is 41.9. The number of hydrogen-bond donors (Lipinski definition) is 0. The van der Waals surface area contributed by atoms with Gasteiger partial charge in [-0.2, -0.15) is 0 Å². The van der Waals surface area contributed by atoms with Gasteiger partial charge in [-0.05, 0) is 162 Å². The molecule has 0 saturated carbocycles. The maximum Gasteiger partial charge on any atom is 0.273 e. The summed E-state index contributed by atoms with van der Waals surface area (Å²) >= 11 is 0. The van der Waals surface area contributed by atoms with Crippen LogP contribution in [0.2, 0.25) is 0 Å². The molecule has 6 heteroatoms. The van der Waals surface area contributed by atoms with E-state index in [1.165, 1.54) is 85.7 Å². The monoisotopic (exact) mass is 922 g/mol. The SMILES string of the molecule is Cc1cc2c3c(c1)N(c1cccc4c1oc1ccccc14)c1cc(N(c4ccc(C(C)(C)C)cc4)c4ccc(C(C)(C)C)cc4)ccc1B3c1c(c3c(n1-c1ccccc1)CCCC3)N2c1ccccc1. The van der Waals surface area contributed by atoms with Crippen LogP contribution in [0.5, 0.6) is 0 Å². The number of furan rings is 1. The first-order valence-electron chi connectivity index (χ1n) is 25.6. The van der Waals surface area contributed by atoms with Crippen LogP contribution in [-0.2, 0) is 23.7 Å².